The van der Waals surface area contributed by atoms with Gasteiger partial charge in [-0.2, -0.15) is 0 Å². The molecule has 0 amide bonds. The Kier molecular flexibility index (Phi) is 2.67. The van der Waals surface area contributed by atoms with Gasteiger partial charge in [-0.25, -0.2) is 5.43 Å². The molecule has 2 heterocycles. The van der Waals surface area contributed by atoms with Crippen LogP contribution in [0.1, 0.15) is 17.6 Å². The number of furan rings is 2. The van der Waals surface area contributed by atoms with Crippen molar-refractivity contribution in [2.45, 2.75) is 12.5 Å². The van der Waals surface area contributed by atoms with E-state index >= 15 is 0 Å². The number of nitrogens with one attached hydrogen (secondary N) is 1. The molecule has 4 nitrogen and oxygen atoms in total. The van der Waals surface area contributed by atoms with Gasteiger partial charge in [0.2, 0.25) is 0 Å². The molecule has 0 saturated heterocycles. The molecule has 4 heteroatoms. The highest BCUT2D eigenvalue weighted by atomic mass is 16.3. The molecular weight excluding hydrogens is 180 g/mol. The van der Waals surface area contributed by atoms with Crippen molar-refractivity contribution in [3.8, 4) is 0 Å². The molecular formula is C10H12N2O2. The third kappa shape index (κ3) is 1.86. The van der Waals surface area contributed by atoms with E-state index in [-0.39, 0.29) is 6.04 Å². The van der Waals surface area contributed by atoms with Crippen molar-refractivity contribution in [1.82, 2.24) is 5.43 Å². The minimum Gasteiger partial charge on any atom is -0.469 e. The summed E-state index contributed by atoms with van der Waals surface area (Å²) in [5.41, 5.74) is 2.69. The summed E-state index contributed by atoms with van der Waals surface area (Å²) in [5, 5.41) is 0. The molecule has 0 aliphatic heterocycles. The lowest BCUT2D eigenvalue weighted by atomic mass is 10.1. The summed E-state index contributed by atoms with van der Waals surface area (Å²) >= 11 is 0. The first-order chi connectivity index (χ1) is 6.90. The Morgan fingerprint density at radius 3 is 2.57 bits per heavy atom. The average molecular weight is 192 g/mol. The van der Waals surface area contributed by atoms with Gasteiger partial charge in [0.1, 0.15) is 11.5 Å². The van der Waals surface area contributed by atoms with Crippen LogP contribution in [0.25, 0.3) is 0 Å². The maximum Gasteiger partial charge on any atom is 0.122 e. The topological polar surface area (TPSA) is 64.3 Å². The van der Waals surface area contributed by atoms with Gasteiger partial charge in [-0.3, -0.25) is 5.84 Å². The fourth-order valence-electron chi connectivity index (χ4n) is 1.36. The Bertz CT molecular complexity index is 353. The molecule has 0 spiro atoms. The highest BCUT2D eigenvalue weighted by Crippen LogP contribution is 2.17. The van der Waals surface area contributed by atoms with Crippen molar-refractivity contribution in [3.05, 3.63) is 48.3 Å². The zero-order valence-electron chi connectivity index (χ0n) is 7.64. The van der Waals surface area contributed by atoms with Gasteiger partial charge in [0, 0.05) is 6.42 Å². The third-order valence-electron chi connectivity index (χ3n) is 2.07. The van der Waals surface area contributed by atoms with Crippen LogP contribution in [-0.2, 0) is 6.42 Å². The molecule has 0 saturated carbocycles. The molecule has 0 aliphatic rings. The Hall–Kier alpha value is -1.52. The summed E-state index contributed by atoms with van der Waals surface area (Å²) in [6.07, 6.45) is 3.95. The second-order valence-corrected chi connectivity index (χ2v) is 3.02. The van der Waals surface area contributed by atoms with Crippen molar-refractivity contribution in [2.24, 2.45) is 5.84 Å². The number of nitrogens with two attached hydrogens (primary N) is 1. The predicted octanol–water partition coefficient (Wildman–Crippen LogP) is 1.62. The zero-order valence-corrected chi connectivity index (χ0v) is 7.64. The van der Waals surface area contributed by atoms with Gasteiger partial charge in [0.25, 0.3) is 0 Å². The number of hydrogen-bond acceptors (Lipinski definition) is 4. The van der Waals surface area contributed by atoms with Crippen molar-refractivity contribution < 1.29 is 8.83 Å². The van der Waals surface area contributed by atoms with Gasteiger partial charge >= 0.3 is 0 Å². The standard InChI is InChI=1S/C10H12N2O2/c11-12-9(10-4-2-6-14-10)7-8-3-1-5-13-8/h1-6,9,12H,7,11H2. The van der Waals surface area contributed by atoms with Crippen molar-refractivity contribution in [3.63, 3.8) is 0 Å². The molecule has 3 N–H and O–H groups in total. The molecule has 2 rings (SSSR count). The van der Waals surface area contributed by atoms with Crippen LogP contribution < -0.4 is 11.3 Å². The van der Waals surface area contributed by atoms with E-state index < -0.39 is 0 Å². The molecule has 1 unspecified atom stereocenters. The molecule has 0 bridgehead atoms. The third-order valence-corrected chi connectivity index (χ3v) is 2.07. The Balaban J connectivity index is 2.08. The van der Waals surface area contributed by atoms with E-state index in [2.05, 4.69) is 5.43 Å². The fourth-order valence-corrected chi connectivity index (χ4v) is 1.36. The van der Waals surface area contributed by atoms with E-state index in [4.69, 9.17) is 14.7 Å². The van der Waals surface area contributed by atoms with Crippen LogP contribution in [-0.4, -0.2) is 0 Å². The molecule has 0 aromatic carbocycles. The quantitative estimate of drug-likeness (QED) is 0.570. The first kappa shape index (κ1) is 9.05. The Morgan fingerprint density at radius 2 is 2.00 bits per heavy atom. The summed E-state index contributed by atoms with van der Waals surface area (Å²) in [7, 11) is 0. The van der Waals surface area contributed by atoms with Crippen LogP contribution in [0.5, 0.6) is 0 Å². The molecule has 2 aromatic heterocycles. The van der Waals surface area contributed by atoms with Crippen LogP contribution in [0.3, 0.4) is 0 Å². The first-order valence-electron chi connectivity index (χ1n) is 4.42. The Morgan fingerprint density at radius 1 is 1.21 bits per heavy atom. The smallest absolute Gasteiger partial charge is 0.122 e. The van der Waals surface area contributed by atoms with Gasteiger partial charge in [0.15, 0.2) is 0 Å². The lowest BCUT2D eigenvalue weighted by Crippen LogP contribution is -2.29. The second kappa shape index (κ2) is 4.13. The summed E-state index contributed by atoms with van der Waals surface area (Å²) in [4.78, 5) is 0. The largest absolute Gasteiger partial charge is 0.469 e. The van der Waals surface area contributed by atoms with Gasteiger partial charge in [-0.1, -0.05) is 0 Å². The van der Waals surface area contributed by atoms with Crippen LogP contribution in [0.2, 0.25) is 0 Å². The van der Waals surface area contributed by atoms with Crippen LogP contribution in [0.15, 0.2) is 45.6 Å². The van der Waals surface area contributed by atoms with E-state index in [9.17, 15) is 0 Å². The van der Waals surface area contributed by atoms with E-state index in [1.165, 1.54) is 0 Å². The zero-order chi connectivity index (χ0) is 9.80. The maximum absolute atomic E-state index is 5.43. The van der Waals surface area contributed by atoms with Gasteiger partial charge in [-0.05, 0) is 24.3 Å². The molecule has 1 atom stereocenters. The highest BCUT2D eigenvalue weighted by Gasteiger charge is 2.14. The lowest BCUT2D eigenvalue weighted by molar-refractivity contribution is 0.389. The van der Waals surface area contributed by atoms with Crippen LogP contribution in [0, 0.1) is 0 Å². The molecule has 0 radical (unpaired) electrons. The predicted molar refractivity (Wildman–Crippen MR) is 51.2 cm³/mol. The van der Waals surface area contributed by atoms with Gasteiger partial charge < -0.3 is 8.83 Å². The van der Waals surface area contributed by atoms with Crippen LogP contribution >= 0.6 is 0 Å². The first-order valence-corrected chi connectivity index (χ1v) is 4.42. The van der Waals surface area contributed by atoms with E-state index in [0.717, 1.165) is 11.5 Å². The summed E-state index contributed by atoms with van der Waals surface area (Å²) in [6.45, 7) is 0. The van der Waals surface area contributed by atoms with Crippen molar-refractivity contribution >= 4 is 0 Å². The fraction of sp³-hybridized carbons (Fsp3) is 0.200. The summed E-state index contributed by atoms with van der Waals surface area (Å²) in [6, 6.07) is 7.43. The van der Waals surface area contributed by atoms with Gasteiger partial charge in [0.05, 0.1) is 18.6 Å². The second-order valence-electron chi connectivity index (χ2n) is 3.02. The maximum atomic E-state index is 5.43. The average Bonchev–Trinajstić information content (AvgIpc) is 2.86. The van der Waals surface area contributed by atoms with E-state index in [1.54, 1.807) is 12.5 Å². The molecule has 2 aromatic rings. The van der Waals surface area contributed by atoms with E-state index in [1.807, 2.05) is 24.3 Å². The number of hydrazine groups is 1. The molecule has 14 heavy (non-hydrogen) atoms. The normalized spacial score (nSPS) is 12.9. The van der Waals surface area contributed by atoms with Crippen molar-refractivity contribution in [2.75, 3.05) is 0 Å². The van der Waals surface area contributed by atoms with E-state index in [0.29, 0.717) is 6.42 Å². The number of hydrogen-bond donors (Lipinski definition) is 2. The minimum absolute atomic E-state index is 0.0452. The number of rotatable bonds is 4. The Labute approximate surface area is 81.7 Å². The molecule has 0 aliphatic carbocycles. The minimum atomic E-state index is -0.0452. The molecule has 74 valence electrons. The van der Waals surface area contributed by atoms with Gasteiger partial charge in [-0.15, -0.1) is 0 Å². The summed E-state index contributed by atoms with van der Waals surface area (Å²) < 4.78 is 10.5. The lowest BCUT2D eigenvalue weighted by Gasteiger charge is -2.10. The monoisotopic (exact) mass is 192 g/mol. The van der Waals surface area contributed by atoms with Crippen LogP contribution in [0.4, 0.5) is 0 Å². The summed E-state index contributed by atoms with van der Waals surface area (Å²) in [5.74, 6) is 7.12. The molecule has 0 fully saturated rings. The van der Waals surface area contributed by atoms with Crippen molar-refractivity contribution in [1.29, 1.82) is 0 Å². The highest BCUT2D eigenvalue weighted by molar-refractivity contribution is 5.09. The SMILES string of the molecule is NNC(Cc1ccco1)c1ccco1.